The molecule has 1 atom stereocenters. The quantitative estimate of drug-likeness (QED) is 0.504. The Morgan fingerprint density at radius 1 is 1.14 bits per heavy atom. The molecule has 0 saturated carbocycles. The smallest absolute Gasteiger partial charge is 0.296 e. The minimum absolute atomic E-state index is 0.0236. The van der Waals surface area contributed by atoms with Crippen molar-refractivity contribution >= 4 is 34.0 Å². The third kappa shape index (κ3) is 4.06. The van der Waals surface area contributed by atoms with Crippen molar-refractivity contribution in [2.45, 2.75) is 35.7 Å². The van der Waals surface area contributed by atoms with Gasteiger partial charge in [0.1, 0.15) is 9.79 Å². The van der Waals surface area contributed by atoms with E-state index in [9.17, 15) is 31.1 Å². The van der Waals surface area contributed by atoms with Crippen LogP contribution in [0.4, 0.5) is 0 Å². The molecule has 8 nitrogen and oxygen atoms in total. The van der Waals surface area contributed by atoms with E-state index >= 15 is 0 Å². The normalized spacial score (nSPS) is 14.3. The number of rotatable bonds is 6. The lowest BCUT2D eigenvalue weighted by atomic mass is 10.1. The van der Waals surface area contributed by atoms with Gasteiger partial charge in [0.2, 0.25) is 0 Å². The third-order valence-corrected chi connectivity index (χ3v) is 5.25. The van der Waals surface area contributed by atoms with E-state index in [0.29, 0.717) is 6.42 Å². The van der Waals surface area contributed by atoms with Gasteiger partial charge < -0.3 is 5.11 Å². The molecular weight excluding hydrogens is 343 g/mol. The first-order chi connectivity index (χ1) is 9.54. The average Bonchev–Trinajstić information content (AvgIpc) is 2.35. The molecule has 0 heterocycles. The van der Waals surface area contributed by atoms with Crippen molar-refractivity contribution in [3.8, 4) is 0 Å². The number of aliphatic hydroxyl groups excluding tert-OH is 1. The first-order valence-electron chi connectivity index (χ1n) is 5.67. The SMILES string of the molecule is CCCC(O)c1c(S(=O)(=O)O)ccc(P=O)c1S(=O)(=O)O. The van der Waals surface area contributed by atoms with Gasteiger partial charge in [-0.15, -0.1) is 0 Å². The zero-order valence-electron chi connectivity index (χ0n) is 10.8. The van der Waals surface area contributed by atoms with Gasteiger partial charge >= 0.3 is 0 Å². The summed E-state index contributed by atoms with van der Waals surface area (Å²) in [6, 6.07) is 1.68. The lowest BCUT2D eigenvalue weighted by molar-refractivity contribution is 0.159. The zero-order chi connectivity index (χ0) is 16.4. The second kappa shape index (κ2) is 6.47. The number of benzene rings is 1. The molecule has 0 spiro atoms. The van der Waals surface area contributed by atoms with Gasteiger partial charge in [0.05, 0.1) is 11.4 Å². The van der Waals surface area contributed by atoms with E-state index in [1.165, 1.54) is 0 Å². The van der Waals surface area contributed by atoms with E-state index in [-0.39, 0.29) is 6.42 Å². The molecule has 0 bridgehead atoms. The van der Waals surface area contributed by atoms with Crippen LogP contribution >= 0.6 is 8.46 Å². The summed E-state index contributed by atoms with van der Waals surface area (Å²) in [7, 11) is -10.6. The van der Waals surface area contributed by atoms with Gasteiger partial charge in [-0.3, -0.25) is 13.7 Å². The van der Waals surface area contributed by atoms with Gasteiger partial charge in [-0.1, -0.05) is 13.3 Å². The Balaban J connectivity index is 3.93. The van der Waals surface area contributed by atoms with E-state index in [0.717, 1.165) is 12.1 Å². The molecule has 0 fully saturated rings. The van der Waals surface area contributed by atoms with Gasteiger partial charge in [0, 0.05) is 5.56 Å². The number of hydrogen-bond donors (Lipinski definition) is 3. The summed E-state index contributed by atoms with van der Waals surface area (Å²) in [6.07, 6.45) is -1.23. The highest BCUT2D eigenvalue weighted by Crippen LogP contribution is 2.32. The Morgan fingerprint density at radius 2 is 1.71 bits per heavy atom. The molecule has 11 heteroatoms. The summed E-state index contributed by atoms with van der Waals surface area (Å²) in [6.45, 7) is 1.65. The van der Waals surface area contributed by atoms with Gasteiger partial charge in [0.25, 0.3) is 20.2 Å². The van der Waals surface area contributed by atoms with Crippen molar-refractivity contribution in [3.05, 3.63) is 17.7 Å². The van der Waals surface area contributed by atoms with Crippen molar-refractivity contribution in [1.82, 2.24) is 0 Å². The summed E-state index contributed by atoms with van der Waals surface area (Å²) >= 11 is 0. The molecule has 118 valence electrons. The van der Waals surface area contributed by atoms with Gasteiger partial charge in [-0.05, 0) is 18.6 Å². The Labute approximate surface area is 123 Å². The highest BCUT2D eigenvalue weighted by molar-refractivity contribution is 7.87. The predicted molar refractivity (Wildman–Crippen MR) is 73.2 cm³/mol. The molecular formula is C10H13O8PS2. The van der Waals surface area contributed by atoms with Crippen molar-refractivity contribution in [2.24, 2.45) is 0 Å². The van der Waals surface area contributed by atoms with E-state index in [1.807, 2.05) is 0 Å². The standard InChI is InChI=1S/C10H13O8PS2/c1-2-3-6(11)9-8(20(13,14)15)5-4-7(19-12)10(9)21(16,17)18/h4-6,11H,2-3H2,1H3,(H,13,14,15)(H,16,17,18). The second-order valence-corrected chi connectivity index (χ2v) is 7.58. The van der Waals surface area contributed by atoms with Crippen molar-refractivity contribution < 1.29 is 35.6 Å². The Kier molecular flexibility index (Phi) is 5.59. The molecule has 0 aliphatic carbocycles. The Bertz CT molecular complexity index is 754. The Hall–Kier alpha value is -0.900. The van der Waals surface area contributed by atoms with Crippen LogP contribution in [0.5, 0.6) is 0 Å². The monoisotopic (exact) mass is 356 g/mol. The lowest BCUT2D eigenvalue weighted by Gasteiger charge is -2.17. The third-order valence-electron chi connectivity index (χ3n) is 2.66. The highest BCUT2D eigenvalue weighted by Gasteiger charge is 2.31. The maximum atomic E-state index is 11.4. The zero-order valence-corrected chi connectivity index (χ0v) is 13.3. The summed E-state index contributed by atoms with van der Waals surface area (Å²) in [5.74, 6) is 0. The maximum absolute atomic E-state index is 11.4. The molecule has 3 N–H and O–H groups in total. The molecule has 0 aliphatic heterocycles. The fraction of sp³-hybridized carbons (Fsp3) is 0.400. The molecule has 0 amide bonds. The van der Waals surface area contributed by atoms with Crippen LogP contribution in [0.15, 0.2) is 21.9 Å². The van der Waals surface area contributed by atoms with Crippen LogP contribution in [0.2, 0.25) is 0 Å². The van der Waals surface area contributed by atoms with Gasteiger partial charge in [-0.25, -0.2) is 0 Å². The van der Waals surface area contributed by atoms with Crippen LogP contribution in [-0.2, 0) is 24.8 Å². The van der Waals surface area contributed by atoms with Crippen LogP contribution in [0.1, 0.15) is 31.4 Å². The largest absolute Gasteiger partial charge is 0.388 e. The van der Waals surface area contributed by atoms with Crippen LogP contribution in [0.3, 0.4) is 0 Å². The van der Waals surface area contributed by atoms with Crippen LogP contribution in [-0.4, -0.2) is 31.0 Å². The van der Waals surface area contributed by atoms with E-state index in [4.69, 9.17) is 4.55 Å². The highest BCUT2D eigenvalue weighted by atomic mass is 32.2. The molecule has 1 unspecified atom stereocenters. The average molecular weight is 356 g/mol. The van der Waals surface area contributed by atoms with Crippen LogP contribution < -0.4 is 5.30 Å². The summed E-state index contributed by atoms with van der Waals surface area (Å²) < 4.78 is 74.9. The summed E-state index contributed by atoms with van der Waals surface area (Å²) in [5.41, 5.74) is -0.692. The number of aliphatic hydroxyl groups is 1. The molecule has 0 radical (unpaired) electrons. The van der Waals surface area contributed by atoms with E-state index in [2.05, 4.69) is 0 Å². The molecule has 0 aliphatic rings. The van der Waals surface area contributed by atoms with Crippen molar-refractivity contribution in [2.75, 3.05) is 0 Å². The summed E-state index contributed by atoms with van der Waals surface area (Å²) in [5, 5.41) is 9.55. The lowest BCUT2D eigenvalue weighted by Crippen LogP contribution is -2.20. The fourth-order valence-corrected chi connectivity index (χ4v) is 4.34. The van der Waals surface area contributed by atoms with Crippen LogP contribution in [0, 0.1) is 0 Å². The fourth-order valence-electron chi connectivity index (χ4n) is 1.87. The first kappa shape index (κ1) is 18.1. The topological polar surface area (TPSA) is 146 Å². The molecule has 1 aromatic carbocycles. The maximum Gasteiger partial charge on any atom is 0.296 e. The first-order valence-corrected chi connectivity index (χ1v) is 9.36. The molecule has 1 rings (SSSR count). The van der Waals surface area contributed by atoms with Gasteiger partial charge in [-0.2, -0.15) is 16.8 Å². The van der Waals surface area contributed by atoms with Crippen molar-refractivity contribution in [1.29, 1.82) is 0 Å². The van der Waals surface area contributed by atoms with Crippen molar-refractivity contribution in [3.63, 3.8) is 0 Å². The van der Waals surface area contributed by atoms with Gasteiger partial charge in [0.15, 0.2) is 8.46 Å². The predicted octanol–water partition coefficient (Wildman–Crippen LogP) is 0.931. The minimum Gasteiger partial charge on any atom is -0.388 e. The molecule has 0 saturated heterocycles. The molecule has 21 heavy (non-hydrogen) atoms. The Morgan fingerprint density at radius 3 is 2.10 bits per heavy atom. The molecule has 0 aromatic heterocycles. The van der Waals surface area contributed by atoms with E-state index < -0.39 is 55.5 Å². The number of hydrogen-bond acceptors (Lipinski definition) is 6. The van der Waals surface area contributed by atoms with Crippen LogP contribution in [0.25, 0.3) is 0 Å². The minimum atomic E-state index is -4.96. The summed E-state index contributed by atoms with van der Waals surface area (Å²) in [4.78, 5) is -1.83. The second-order valence-electron chi connectivity index (χ2n) is 4.17. The molecule has 1 aromatic rings. The van der Waals surface area contributed by atoms with E-state index in [1.54, 1.807) is 6.92 Å².